The minimum Gasteiger partial charge on any atom is -0.237 e. The lowest BCUT2D eigenvalue weighted by Crippen LogP contribution is -2.31. The normalized spacial score (nSPS) is 11.1. The molecule has 0 radical (unpaired) electrons. The van der Waals surface area contributed by atoms with Crippen molar-refractivity contribution in [2.45, 2.75) is 72.1 Å². The van der Waals surface area contributed by atoms with Gasteiger partial charge in [0.2, 0.25) is 12.7 Å². The Kier molecular flexibility index (Phi) is 6.51. The largest absolute Gasteiger partial charge is 0.243 e. The highest BCUT2D eigenvalue weighted by Crippen LogP contribution is 2.03. The van der Waals surface area contributed by atoms with Crippen LogP contribution in [-0.2, 0) is 26.2 Å². The van der Waals surface area contributed by atoms with Gasteiger partial charge in [-0.3, -0.25) is 0 Å². The smallest absolute Gasteiger partial charge is 0.237 e. The van der Waals surface area contributed by atoms with E-state index in [1.165, 1.54) is 32.1 Å². The van der Waals surface area contributed by atoms with Crippen molar-refractivity contribution in [3.05, 3.63) is 37.4 Å². The Labute approximate surface area is 128 Å². The van der Waals surface area contributed by atoms with Crippen LogP contribution in [0.5, 0.6) is 0 Å². The minimum absolute atomic E-state index is 1.06. The van der Waals surface area contributed by atoms with Gasteiger partial charge >= 0.3 is 0 Å². The summed E-state index contributed by atoms with van der Waals surface area (Å²) in [4.78, 5) is 0. The van der Waals surface area contributed by atoms with Crippen LogP contribution in [0, 0.1) is 0 Å². The number of hydrogen-bond donors (Lipinski definition) is 0. The SMILES string of the molecule is CCn1cc[n+](CCCCCCC[n+]2ccn(CC)c2)c1. The van der Waals surface area contributed by atoms with Gasteiger partial charge in [-0.15, -0.1) is 0 Å². The second-order valence-corrected chi connectivity index (χ2v) is 5.73. The van der Waals surface area contributed by atoms with Crippen LogP contribution in [0.2, 0.25) is 0 Å². The van der Waals surface area contributed by atoms with Gasteiger partial charge in [-0.05, 0) is 39.5 Å². The average molecular weight is 290 g/mol. The number of aromatic nitrogens is 4. The van der Waals surface area contributed by atoms with Gasteiger partial charge in [-0.25, -0.2) is 18.3 Å². The van der Waals surface area contributed by atoms with Crippen molar-refractivity contribution >= 4 is 0 Å². The molecule has 2 aromatic rings. The lowest BCUT2D eigenvalue weighted by atomic mass is 10.1. The van der Waals surface area contributed by atoms with Crippen molar-refractivity contribution < 1.29 is 9.13 Å². The summed E-state index contributed by atoms with van der Waals surface area (Å²) < 4.78 is 9.04. The Morgan fingerprint density at radius 1 is 0.667 bits per heavy atom. The first kappa shape index (κ1) is 15.8. The van der Waals surface area contributed by atoms with Gasteiger partial charge in [0.25, 0.3) is 0 Å². The van der Waals surface area contributed by atoms with E-state index < -0.39 is 0 Å². The van der Waals surface area contributed by atoms with Gasteiger partial charge in [0.05, 0.1) is 26.2 Å². The van der Waals surface area contributed by atoms with Gasteiger partial charge in [0, 0.05) is 0 Å². The predicted molar refractivity (Wildman–Crippen MR) is 83.7 cm³/mol. The monoisotopic (exact) mass is 290 g/mol. The molecule has 21 heavy (non-hydrogen) atoms. The van der Waals surface area contributed by atoms with Gasteiger partial charge in [-0.1, -0.05) is 6.42 Å². The molecule has 4 nitrogen and oxygen atoms in total. The molecule has 0 aliphatic carbocycles. The maximum absolute atomic E-state index is 2.30. The maximum atomic E-state index is 2.30. The molecule has 0 unspecified atom stereocenters. The molecule has 0 fully saturated rings. The molecule has 0 aliphatic heterocycles. The van der Waals surface area contributed by atoms with E-state index >= 15 is 0 Å². The quantitative estimate of drug-likeness (QED) is 0.473. The Hall–Kier alpha value is -1.58. The van der Waals surface area contributed by atoms with Crippen molar-refractivity contribution in [3.8, 4) is 0 Å². The van der Waals surface area contributed by atoms with E-state index in [0.717, 1.165) is 26.2 Å². The molecular formula is C17H30N4+2. The fourth-order valence-corrected chi connectivity index (χ4v) is 2.64. The predicted octanol–water partition coefficient (Wildman–Crippen LogP) is 2.56. The number of imidazole rings is 2. The second kappa shape index (κ2) is 8.65. The van der Waals surface area contributed by atoms with Gasteiger partial charge < -0.3 is 0 Å². The van der Waals surface area contributed by atoms with E-state index in [0.29, 0.717) is 0 Å². The molecule has 0 saturated carbocycles. The van der Waals surface area contributed by atoms with E-state index in [1.54, 1.807) is 0 Å². The summed E-state index contributed by atoms with van der Waals surface area (Å²) in [5.74, 6) is 0. The van der Waals surface area contributed by atoms with Crippen LogP contribution in [0.15, 0.2) is 37.4 Å². The lowest BCUT2D eigenvalue weighted by Gasteiger charge is -1.99. The van der Waals surface area contributed by atoms with Crippen LogP contribution < -0.4 is 9.13 Å². The Morgan fingerprint density at radius 2 is 1.10 bits per heavy atom. The number of nitrogens with zero attached hydrogens (tertiary/aromatic N) is 4. The summed E-state index contributed by atoms with van der Waals surface area (Å²) >= 11 is 0. The molecule has 0 bridgehead atoms. The fraction of sp³-hybridized carbons (Fsp3) is 0.647. The lowest BCUT2D eigenvalue weighted by molar-refractivity contribution is -0.697. The molecule has 0 aliphatic rings. The number of unbranched alkanes of at least 4 members (excludes halogenated alkanes) is 4. The van der Waals surface area contributed by atoms with E-state index in [9.17, 15) is 0 Å². The van der Waals surface area contributed by atoms with Crippen LogP contribution in [0.1, 0.15) is 46.0 Å². The molecule has 0 N–H and O–H groups in total. The van der Waals surface area contributed by atoms with Crippen molar-refractivity contribution in [1.29, 1.82) is 0 Å². The topological polar surface area (TPSA) is 17.6 Å². The maximum Gasteiger partial charge on any atom is 0.243 e. The third kappa shape index (κ3) is 5.37. The zero-order chi connectivity index (χ0) is 14.9. The highest BCUT2D eigenvalue weighted by atomic mass is 15.1. The van der Waals surface area contributed by atoms with E-state index in [4.69, 9.17) is 0 Å². The summed E-state index contributed by atoms with van der Waals surface area (Å²) in [5, 5.41) is 0. The molecule has 0 aromatic carbocycles. The molecule has 2 rings (SSSR count). The molecule has 0 amide bonds. The molecule has 0 atom stereocenters. The van der Waals surface area contributed by atoms with Gasteiger partial charge in [0.15, 0.2) is 0 Å². The first-order valence-electron chi connectivity index (χ1n) is 8.41. The van der Waals surface area contributed by atoms with Crippen molar-refractivity contribution in [3.63, 3.8) is 0 Å². The van der Waals surface area contributed by atoms with E-state index in [2.05, 4.69) is 69.6 Å². The highest BCUT2D eigenvalue weighted by molar-refractivity contribution is 4.65. The zero-order valence-corrected chi connectivity index (χ0v) is 13.6. The summed E-state index contributed by atoms with van der Waals surface area (Å²) in [7, 11) is 0. The first-order chi connectivity index (χ1) is 10.3. The minimum atomic E-state index is 1.06. The molecule has 2 aromatic heterocycles. The van der Waals surface area contributed by atoms with Crippen LogP contribution >= 0.6 is 0 Å². The molecule has 4 heteroatoms. The summed E-state index contributed by atoms with van der Waals surface area (Å²) in [6, 6.07) is 0. The highest BCUT2D eigenvalue weighted by Gasteiger charge is 2.02. The zero-order valence-electron chi connectivity index (χ0n) is 13.6. The van der Waals surface area contributed by atoms with Gasteiger partial charge in [-0.2, -0.15) is 0 Å². The molecule has 116 valence electrons. The summed E-state index contributed by atoms with van der Waals surface area (Å²) in [6.45, 7) is 8.78. The van der Waals surface area contributed by atoms with Gasteiger partial charge in [0.1, 0.15) is 24.8 Å². The van der Waals surface area contributed by atoms with Crippen LogP contribution in [0.4, 0.5) is 0 Å². The molecule has 0 saturated heterocycles. The standard InChI is InChI=1S/C17H30N4/c1-3-18-12-14-20(16-18)10-8-6-5-7-9-11-21-15-13-19(4-2)17-21/h12-17H,3-11H2,1-2H3/q+2. The fourth-order valence-electron chi connectivity index (χ4n) is 2.64. The van der Waals surface area contributed by atoms with Crippen LogP contribution in [0.3, 0.4) is 0 Å². The summed E-state index contributed by atoms with van der Waals surface area (Å²) in [5.41, 5.74) is 0. The van der Waals surface area contributed by atoms with Crippen molar-refractivity contribution in [2.24, 2.45) is 0 Å². The average Bonchev–Trinajstić information content (AvgIpc) is 3.15. The van der Waals surface area contributed by atoms with Crippen LogP contribution in [-0.4, -0.2) is 9.13 Å². The van der Waals surface area contributed by atoms with E-state index in [1.807, 2.05) is 0 Å². The second-order valence-electron chi connectivity index (χ2n) is 5.73. The van der Waals surface area contributed by atoms with Crippen molar-refractivity contribution in [1.82, 2.24) is 9.13 Å². The summed E-state index contributed by atoms with van der Waals surface area (Å²) in [6.07, 6.45) is 19.7. The Bertz CT molecular complexity index is 466. The first-order valence-corrected chi connectivity index (χ1v) is 8.41. The number of rotatable bonds is 10. The third-order valence-electron chi connectivity index (χ3n) is 4.06. The third-order valence-corrected chi connectivity index (χ3v) is 4.06. The molecule has 0 spiro atoms. The van der Waals surface area contributed by atoms with E-state index in [-0.39, 0.29) is 0 Å². The number of hydrogen-bond acceptors (Lipinski definition) is 0. The Morgan fingerprint density at radius 3 is 1.48 bits per heavy atom. The molecular weight excluding hydrogens is 260 g/mol. The van der Waals surface area contributed by atoms with Crippen molar-refractivity contribution in [2.75, 3.05) is 0 Å². The molecule has 2 heterocycles. The van der Waals surface area contributed by atoms with Crippen LogP contribution in [0.25, 0.3) is 0 Å². The Balaban J connectivity index is 1.50. The number of aryl methyl sites for hydroxylation is 4.